The minimum absolute atomic E-state index is 0.246. The van der Waals surface area contributed by atoms with Crippen molar-refractivity contribution in [3.63, 3.8) is 0 Å². The van der Waals surface area contributed by atoms with Crippen LogP contribution in [0.25, 0.3) is 0 Å². The number of ether oxygens (including phenoxy) is 1. The Hall–Kier alpha value is -2.33. The third kappa shape index (κ3) is 4.57. The minimum atomic E-state index is 0.246. The van der Waals surface area contributed by atoms with Crippen LogP contribution in [-0.4, -0.2) is 37.0 Å². The van der Waals surface area contributed by atoms with E-state index in [1.807, 2.05) is 59.5 Å². The van der Waals surface area contributed by atoms with Crippen LogP contribution < -0.4 is 10.1 Å². The molecule has 0 spiro atoms. The van der Waals surface area contributed by atoms with Crippen molar-refractivity contribution in [1.29, 1.82) is 0 Å². The Labute approximate surface area is 137 Å². The highest BCUT2D eigenvalue weighted by Crippen LogP contribution is 2.21. The van der Waals surface area contributed by atoms with E-state index in [-0.39, 0.29) is 5.91 Å². The summed E-state index contributed by atoms with van der Waals surface area (Å²) in [5.41, 5.74) is 1.16. The first kappa shape index (κ1) is 15.6. The van der Waals surface area contributed by atoms with Crippen molar-refractivity contribution < 1.29 is 9.53 Å². The third-order valence-corrected chi connectivity index (χ3v) is 4.00. The molecule has 2 aromatic carbocycles. The molecule has 1 saturated heterocycles. The van der Waals surface area contributed by atoms with Gasteiger partial charge in [0.05, 0.1) is 0 Å². The number of piperazine rings is 1. The second kappa shape index (κ2) is 7.79. The number of carbonyl (C=O) groups is 1. The first-order chi connectivity index (χ1) is 11.3. The normalized spacial score (nSPS) is 14.5. The molecule has 1 aliphatic heterocycles. The number of amides is 1. The summed E-state index contributed by atoms with van der Waals surface area (Å²) in [7, 11) is 0. The number of rotatable bonds is 5. The van der Waals surface area contributed by atoms with Gasteiger partial charge in [0.15, 0.2) is 0 Å². The van der Waals surface area contributed by atoms with Gasteiger partial charge in [0.2, 0.25) is 5.91 Å². The van der Waals surface area contributed by atoms with Crippen molar-refractivity contribution in [2.75, 3.05) is 26.2 Å². The molecule has 23 heavy (non-hydrogen) atoms. The zero-order valence-corrected chi connectivity index (χ0v) is 13.2. The van der Waals surface area contributed by atoms with Gasteiger partial charge in [0.25, 0.3) is 0 Å². The lowest BCUT2D eigenvalue weighted by molar-refractivity contribution is -0.131. The molecular weight excluding hydrogens is 288 g/mol. The molecule has 1 aliphatic rings. The second-order valence-corrected chi connectivity index (χ2v) is 5.69. The second-order valence-electron chi connectivity index (χ2n) is 5.69. The zero-order chi connectivity index (χ0) is 15.9. The summed E-state index contributed by atoms with van der Waals surface area (Å²) >= 11 is 0. The van der Waals surface area contributed by atoms with E-state index in [1.54, 1.807) is 0 Å². The van der Waals surface area contributed by atoms with Gasteiger partial charge in [-0.3, -0.25) is 4.79 Å². The van der Waals surface area contributed by atoms with Crippen LogP contribution in [0.15, 0.2) is 54.6 Å². The number of aryl methyl sites for hydroxylation is 1. The fourth-order valence-corrected chi connectivity index (χ4v) is 2.67. The zero-order valence-electron chi connectivity index (χ0n) is 13.2. The number of carbonyl (C=O) groups excluding carboxylic acids is 1. The quantitative estimate of drug-likeness (QED) is 0.923. The van der Waals surface area contributed by atoms with Crippen molar-refractivity contribution >= 4 is 5.91 Å². The summed E-state index contributed by atoms with van der Waals surface area (Å²) in [6.45, 7) is 3.44. The molecule has 0 aliphatic carbocycles. The van der Waals surface area contributed by atoms with Crippen LogP contribution in [0.3, 0.4) is 0 Å². The lowest BCUT2D eigenvalue weighted by atomic mass is 10.1. The first-order valence-corrected chi connectivity index (χ1v) is 8.11. The number of para-hydroxylation sites is 1. The Morgan fingerprint density at radius 1 is 0.957 bits per heavy atom. The highest BCUT2D eigenvalue weighted by Gasteiger charge is 2.15. The molecule has 3 rings (SSSR count). The maximum atomic E-state index is 12.2. The monoisotopic (exact) mass is 310 g/mol. The van der Waals surface area contributed by atoms with E-state index in [0.717, 1.165) is 49.7 Å². The first-order valence-electron chi connectivity index (χ1n) is 8.11. The van der Waals surface area contributed by atoms with Crippen molar-refractivity contribution in [3.05, 3.63) is 60.2 Å². The van der Waals surface area contributed by atoms with Gasteiger partial charge in [0, 0.05) is 32.6 Å². The molecule has 4 heteroatoms. The summed E-state index contributed by atoms with van der Waals surface area (Å²) in [4.78, 5) is 14.1. The summed E-state index contributed by atoms with van der Waals surface area (Å²) in [5.74, 6) is 1.89. The molecule has 0 unspecified atom stereocenters. The molecule has 2 aromatic rings. The Morgan fingerprint density at radius 2 is 1.61 bits per heavy atom. The standard InChI is InChI=1S/C19H22N2O2/c22-19(21-14-12-20-13-15-21)11-8-16-6-9-18(10-7-16)23-17-4-2-1-3-5-17/h1-7,9-10,20H,8,11-15H2. The Bertz CT molecular complexity index is 620. The van der Waals surface area contributed by atoms with Gasteiger partial charge in [-0.15, -0.1) is 0 Å². The van der Waals surface area contributed by atoms with Gasteiger partial charge in [-0.25, -0.2) is 0 Å². The molecule has 1 heterocycles. The Morgan fingerprint density at radius 3 is 2.30 bits per heavy atom. The predicted octanol–water partition coefficient (Wildman–Crippen LogP) is 2.84. The summed E-state index contributed by atoms with van der Waals surface area (Å²) < 4.78 is 5.77. The minimum Gasteiger partial charge on any atom is -0.457 e. The lowest BCUT2D eigenvalue weighted by Gasteiger charge is -2.27. The SMILES string of the molecule is O=C(CCc1ccc(Oc2ccccc2)cc1)N1CCNCC1. The van der Waals surface area contributed by atoms with Gasteiger partial charge in [-0.2, -0.15) is 0 Å². The summed E-state index contributed by atoms with van der Waals surface area (Å²) in [6, 6.07) is 17.7. The fraction of sp³-hybridized carbons (Fsp3) is 0.316. The van der Waals surface area contributed by atoms with Crippen molar-refractivity contribution in [1.82, 2.24) is 10.2 Å². The lowest BCUT2D eigenvalue weighted by Crippen LogP contribution is -2.46. The molecule has 0 aromatic heterocycles. The van der Waals surface area contributed by atoms with E-state index in [0.29, 0.717) is 6.42 Å². The molecule has 1 fully saturated rings. The van der Waals surface area contributed by atoms with Gasteiger partial charge in [-0.1, -0.05) is 30.3 Å². The van der Waals surface area contributed by atoms with Crippen LogP contribution in [0, 0.1) is 0 Å². The van der Waals surface area contributed by atoms with E-state index in [4.69, 9.17) is 4.74 Å². The van der Waals surface area contributed by atoms with Crippen LogP contribution in [-0.2, 0) is 11.2 Å². The number of benzene rings is 2. The average molecular weight is 310 g/mol. The van der Waals surface area contributed by atoms with E-state index in [9.17, 15) is 4.79 Å². The smallest absolute Gasteiger partial charge is 0.222 e. The van der Waals surface area contributed by atoms with E-state index in [2.05, 4.69) is 5.32 Å². The van der Waals surface area contributed by atoms with Crippen LogP contribution >= 0.6 is 0 Å². The summed E-state index contributed by atoms with van der Waals surface area (Å²) in [6.07, 6.45) is 1.34. The van der Waals surface area contributed by atoms with Crippen molar-refractivity contribution in [3.8, 4) is 11.5 Å². The van der Waals surface area contributed by atoms with Gasteiger partial charge in [-0.05, 0) is 36.2 Å². The maximum Gasteiger partial charge on any atom is 0.222 e. The molecule has 0 saturated carbocycles. The van der Waals surface area contributed by atoms with Crippen LogP contribution in [0.4, 0.5) is 0 Å². The largest absolute Gasteiger partial charge is 0.457 e. The number of nitrogens with one attached hydrogen (secondary N) is 1. The van der Waals surface area contributed by atoms with E-state index < -0.39 is 0 Å². The molecule has 120 valence electrons. The Balaban J connectivity index is 1.50. The summed E-state index contributed by atoms with van der Waals surface area (Å²) in [5, 5.41) is 3.26. The molecule has 0 atom stereocenters. The molecule has 4 nitrogen and oxygen atoms in total. The average Bonchev–Trinajstić information content (AvgIpc) is 2.62. The number of hydrogen-bond acceptors (Lipinski definition) is 3. The van der Waals surface area contributed by atoms with Gasteiger partial charge >= 0.3 is 0 Å². The van der Waals surface area contributed by atoms with Crippen molar-refractivity contribution in [2.45, 2.75) is 12.8 Å². The van der Waals surface area contributed by atoms with Gasteiger partial charge in [0.1, 0.15) is 11.5 Å². The van der Waals surface area contributed by atoms with Crippen molar-refractivity contribution in [2.24, 2.45) is 0 Å². The fourth-order valence-electron chi connectivity index (χ4n) is 2.67. The predicted molar refractivity (Wildman–Crippen MR) is 90.7 cm³/mol. The van der Waals surface area contributed by atoms with Gasteiger partial charge < -0.3 is 15.0 Å². The van der Waals surface area contributed by atoms with Crippen LogP contribution in [0.1, 0.15) is 12.0 Å². The molecule has 1 amide bonds. The topological polar surface area (TPSA) is 41.6 Å². The molecular formula is C19H22N2O2. The van der Waals surface area contributed by atoms with Crippen LogP contribution in [0.2, 0.25) is 0 Å². The highest BCUT2D eigenvalue weighted by atomic mass is 16.5. The van der Waals surface area contributed by atoms with E-state index >= 15 is 0 Å². The third-order valence-electron chi connectivity index (χ3n) is 4.00. The molecule has 1 N–H and O–H groups in total. The Kier molecular flexibility index (Phi) is 5.27. The molecule has 0 radical (unpaired) electrons. The number of nitrogens with zero attached hydrogens (tertiary/aromatic N) is 1. The maximum absolute atomic E-state index is 12.2. The highest BCUT2D eigenvalue weighted by molar-refractivity contribution is 5.76. The molecule has 0 bridgehead atoms. The van der Waals surface area contributed by atoms with E-state index in [1.165, 1.54) is 0 Å². The number of hydrogen-bond donors (Lipinski definition) is 1. The van der Waals surface area contributed by atoms with Crippen LogP contribution in [0.5, 0.6) is 11.5 Å².